The minimum atomic E-state index is -0.577. The van der Waals surface area contributed by atoms with E-state index in [0.29, 0.717) is 45.7 Å². The van der Waals surface area contributed by atoms with Crippen LogP contribution in [0.4, 0.5) is 39.8 Å². The second kappa shape index (κ2) is 18.6. The quantitative estimate of drug-likeness (QED) is 0.110. The number of hydrogen-bond donors (Lipinski definition) is 0. The minimum absolute atomic E-state index is 0. The van der Waals surface area contributed by atoms with Gasteiger partial charge >= 0.3 is 0 Å². The average Bonchev–Trinajstić information content (AvgIpc) is 1.12. The Balaban J connectivity index is 0.00000686. The Morgan fingerprint density at radius 3 is 1.86 bits per heavy atom. The van der Waals surface area contributed by atoms with Crippen LogP contribution in [0.3, 0.4) is 0 Å². The van der Waals surface area contributed by atoms with E-state index in [9.17, 15) is 0 Å². The zero-order chi connectivity index (χ0) is 63.1. The Kier molecular flexibility index (Phi) is 8.87. The van der Waals surface area contributed by atoms with Crippen molar-refractivity contribution < 1.29 is 49.0 Å². The molecule has 0 saturated heterocycles. The molecule has 0 saturated carbocycles. The zero-order valence-corrected chi connectivity index (χ0v) is 46.7. The number of aromatic nitrogens is 4. The number of benzene rings is 10. The molecule has 0 spiro atoms. The monoisotopic (exact) mass is 1260 g/mol. The molecule has 10 aromatic carbocycles. The summed E-state index contributed by atoms with van der Waals surface area (Å²) in [7, 11) is 0. The largest absolute Gasteiger partial charge is 0.509 e. The number of pyridine rings is 1. The summed E-state index contributed by atoms with van der Waals surface area (Å²) in [4.78, 5) is 16.2. The third-order valence-electron chi connectivity index (χ3n) is 15.8. The smallest absolute Gasteiger partial charge is 0.266 e. The van der Waals surface area contributed by atoms with Gasteiger partial charge in [-0.2, -0.15) is 6.07 Å². The molecule has 12 heteroatoms. The molecule has 0 fully saturated rings. The van der Waals surface area contributed by atoms with Gasteiger partial charge in [-0.05, 0) is 123 Å². The molecule has 7 heterocycles. The van der Waals surface area contributed by atoms with Crippen molar-refractivity contribution in [1.29, 1.82) is 0 Å². The molecule has 4 aliphatic heterocycles. The normalized spacial score (nSPS) is 15.1. The summed E-state index contributed by atoms with van der Waals surface area (Å²) in [5.41, 5.74) is 12.0. The molecule has 400 valence electrons. The number of anilines is 7. The van der Waals surface area contributed by atoms with E-state index in [-0.39, 0.29) is 61.1 Å². The first-order valence-electron chi connectivity index (χ1n) is 31.8. The molecule has 10 nitrogen and oxygen atoms in total. The van der Waals surface area contributed by atoms with Gasteiger partial charge in [0.05, 0.1) is 24.7 Å². The van der Waals surface area contributed by atoms with Crippen LogP contribution in [0.1, 0.15) is 40.0 Å². The number of rotatable bonds is 8. The summed E-state index contributed by atoms with van der Waals surface area (Å²) >= 11 is 0. The molecular weight excluding hydrogens is 1200 g/mol. The van der Waals surface area contributed by atoms with Gasteiger partial charge < -0.3 is 33.3 Å². The van der Waals surface area contributed by atoms with Crippen LogP contribution in [0.2, 0.25) is 0 Å². The fourth-order valence-corrected chi connectivity index (χ4v) is 12.3. The summed E-state index contributed by atoms with van der Waals surface area (Å²) < 4.78 is 112. The average molecular weight is 1260 g/mol. The van der Waals surface area contributed by atoms with Crippen LogP contribution in [0.5, 0.6) is 34.5 Å². The summed E-state index contributed by atoms with van der Waals surface area (Å²) in [6.07, 6.45) is 1.82. The second-order valence-electron chi connectivity index (χ2n) is 21.5. The van der Waals surface area contributed by atoms with Crippen LogP contribution < -0.4 is 45.3 Å². The van der Waals surface area contributed by atoms with Gasteiger partial charge in [0.2, 0.25) is 5.78 Å². The molecule has 17 rings (SSSR count). The van der Waals surface area contributed by atoms with E-state index >= 15 is 0 Å². The number of fused-ring (bicyclic) bond motifs is 6. The van der Waals surface area contributed by atoms with E-state index in [2.05, 4.69) is 78.6 Å². The Labute approximate surface area is 508 Å². The van der Waals surface area contributed by atoms with Crippen molar-refractivity contribution in [3.05, 3.63) is 249 Å². The van der Waals surface area contributed by atoms with Gasteiger partial charge in [0.1, 0.15) is 28.8 Å². The molecule has 4 aliphatic rings. The molecular formula is C71H47BN7O3Pt-3. The van der Waals surface area contributed by atoms with E-state index in [1.165, 1.54) is 0 Å². The van der Waals surface area contributed by atoms with Crippen LogP contribution >= 0.6 is 0 Å². The number of ether oxygens (including phenoxy) is 3. The molecule has 83 heavy (non-hydrogen) atoms. The van der Waals surface area contributed by atoms with Crippen molar-refractivity contribution in [2.24, 2.45) is 0 Å². The molecule has 0 atom stereocenters. The first kappa shape index (κ1) is 39.5. The van der Waals surface area contributed by atoms with E-state index in [0.717, 1.165) is 78.6 Å². The summed E-state index contributed by atoms with van der Waals surface area (Å²) in [5, 5.41) is 0. The Morgan fingerprint density at radius 1 is 0.578 bits per heavy atom. The van der Waals surface area contributed by atoms with E-state index in [4.69, 9.17) is 37.9 Å². The molecule has 13 aromatic rings. The van der Waals surface area contributed by atoms with Gasteiger partial charge in [-0.3, -0.25) is 4.57 Å². The van der Waals surface area contributed by atoms with Gasteiger partial charge in [-0.15, -0.1) is 48.8 Å². The van der Waals surface area contributed by atoms with Gasteiger partial charge in [0.25, 0.3) is 6.71 Å². The Morgan fingerprint density at radius 2 is 1.18 bits per heavy atom. The molecule has 0 bridgehead atoms. The Hall–Kier alpha value is -9.83. The first-order valence-corrected chi connectivity index (χ1v) is 26.8. The molecule has 0 aliphatic carbocycles. The van der Waals surface area contributed by atoms with Gasteiger partial charge in [0, 0.05) is 89.5 Å². The van der Waals surface area contributed by atoms with Crippen LogP contribution in [0, 0.1) is 18.8 Å². The number of hydrogen-bond acceptors (Lipinski definition) is 8. The van der Waals surface area contributed by atoms with Crippen LogP contribution in [-0.4, -0.2) is 25.6 Å². The third kappa shape index (κ3) is 7.54. The molecule has 0 unspecified atom stereocenters. The predicted octanol–water partition coefficient (Wildman–Crippen LogP) is 15.8. The maximum absolute atomic E-state index is 9.13. The number of imidazole rings is 2. The topological polar surface area (TPSA) is 72.5 Å². The predicted molar refractivity (Wildman–Crippen MR) is 328 cm³/mol. The maximum atomic E-state index is 9.13. The SMILES string of the molecule is [2H]c1c([2H])c([2H])c(-c2cccc(-c3c([2H])c([2H])c([2H])c([2H])c3[2H])c2N2[CH-]N(c3[c-]c(Oc4[c-]c5c(cc4)n4c6cc(N7c8cccc9c8B8c%10c(cccc%10Oc%10cccc7c%108)O9)ccc6nc4n5-c4cc(C(C)(C)C)ccn4)ccc3)c3ccccc32)c([2H])c1[2H].[Pt]. The zero-order valence-electron chi connectivity index (χ0n) is 54.4. The fourth-order valence-electron chi connectivity index (χ4n) is 12.3. The molecule has 3 aromatic heterocycles. The van der Waals surface area contributed by atoms with Crippen molar-refractivity contribution in [1.82, 2.24) is 18.9 Å². The van der Waals surface area contributed by atoms with E-state index in [1.807, 2.05) is 113 Å². The minimum Gasteiger partial charge on any atom is -0.509 e. The molecule has 0 amide bonds. The number of para-hydroxylation sites is 3. The van der Waals surface area contributed by atoms with Gasteiger partial charge in [-0.1, -0.05) is 130 Å². The maximum Gasteiger partial charge on any atom is 0.266 e. The van der Waals surface area contributed by atoms with E-state index in [1.54, 1.807) is 35.8 Å². The third-order valence-corrected chi connectivity index (χ3v) is 15.8. The van der Waals surface area contributed by atoms with Crippen molar-refractivity contribution in [2.45, 2.75) is 26.2 Å². The van der Waals surface area contributed by atoms with Crippen LogP contribution in [-0.2, 0) is 26.5 Å². The van der Waals surface area contributed by atoms with Crippen LogP contribution in [0.15, 0.2) is 224 Å². The first-order chi connectivity index (χ1) is 44.4. The van der Waals surface area contributed by atoms with Crippen molar-refractivity contribution in [3.8, 4) is 62.6 Å². The number of nitrogens with zero attached hydrogens (tertiary/aromatic N) is 7. The van der Waals surface area contributed by atoms with Crippen LogP contribution in [0.25, 0.3) is 55.9 Å². The van der Waals surface area contributed by atoms with Crippen molar-refractivity contribution >= 4 is 90.8 Å². The second-order valence-corrected chi connectivity index (χ2v) is 21.5. The summed E-state index contributed by atoms with van der Waals surface area (Å²) in [6.45, 7) is 8.15. The van der Waals surface area contributed by atoms with Gasteiger partial charge in [0.15, 0.2) is 0 Å². The van der Waals surface area contributed by atoms with Crippen molar-refractivity contribution in [3.63, 3.8) is 0 Å². The summed E-state index contributed by atoms with van der Waals surface area (Å²) in [6, 6.07) is 52.2. The Bertz CT molecular complexity index is 5230. The summed E-state index contributed by atoms with van der Waals surface area (Å²) in [5.74, 6) is 5.13. The van der Waals surface area contributed by atoms with E-state index < -0.39 is 60.4 Å². The van der Waals surface area contributed by atoms with Gasteiger partial charge in [-0.25, -0.2) is 9.97 Å². The molecule has 0 radical (unpaired) electrons. The fraction of sp³-hybridized carbons (Fsp3) is 0.0563. The van der Waals surface area contributed by atoms with Crippen molar-refractivity contribution in [2.75, 3.05) is 14.7 Å². The standard InChI is InChI=1S/C71H47BN7O3.Pt/c1-71(2,3)46-37-38-73-65(39-46)79-60-42-50(80-49-22-12-21-47(40-49)75-43-76(55-26-11-10-25-54(55)75)69-51(44-17-6-4-7-18-44)23-13-24-52(69)45-19-8-5-9-20-45)34-36-56(60)78-59-41-48(33-35-53(59)74-70(78)79)77-57-27-14-29-61-66(57)72-67-58(77)28-15-30-62(67)82-64-32-16-31-63(81-61)68(64)72;/h4-39,41,43H,1-3H3;/q-3;/i4D,5D,6D,7D,8D,9D,17D,18D,19D,20D;. The molecule has 0 N–H and O–H groups in total.